The molecule has 0 aliphatic rings. The van der Waals surface area contributed by atoms with E-state index in [-0.39, 0.29) is 16.5 Å². The van der Waals surface area contributed by atoms with Crippen molar-refractivity contribution in [2.24, 2.45) is 0 Å². The molecule has 1 aromatic heterocycles. The van der Waals surface area contributed by atoms with Crippen molar-refractivity contribution in [3.05, 3.63) is 10.6 Å². The first-order valence-corrected chi connectivity index (χ1v) is 4.22. The van der Waals surface area contributed by atoms with E-state index in [1.807, 2.05) is 0 Å². The van der Waals surface area contributed by atoms with Crippen LogP contribution in [0.4, 0.5) is 5.95 Å². The molecule has 1 heterocycles. The molecule has 5 nitrogen and oxygen atoms in total. The Labute approximate surface area is 84.5 Å². The molecule has 0 aromatic carbocycles. The number of hydrogen-bond acceptors (Lipinski definition) is 5. The van der Waals surface area contributed by atoms with Gasteiger partial charge in [-0.2, -0.15) is 15.0 Å². The maximum absolute atomic E-state index is 9.98. The van der Waals surface area contributed by atoms with Crippen LogP contribution in [0.15, 0.2) is 0 Å². The van der Waals surface area contributed by atoms with Crippen LogP contribution in [0.5, 0.6) is 0 Å². The minimum Gasteiger partial charge on any atom is -0.354 e. The molecule has 0 aliphatic heterocycles. The van der Waals surface area contributed by atoms with E-state index in [0.29, 0.717) is 13.0 Å². The summed E-state index contributed by atoms with van der Waals surface area (Å²) < 4.78 is 0. The Bertz CT molecular complexity index is 286. The van der Waals surface area contributed by atoms with E-state index < -0.39 is 0 Å². The van der Waals surface area contributed by atoms with Gasteiger partial charge in [0, 0.05) is 13.0 Å². The van der Waals surface area contributed by atoms with E-state index in [2.05, 4.69) is 20.3 Å². The van der Waals surface area contributed by atoms with Crippen molar-refractivity contribution >= 4 is 35.4 Å². The zero-order valence-corrected chi connectivity index (χ0v) is 8.01. The lowest BCUT2D eigenvalue weighted by molar-refractivity contribution is -0.107. The minimum atomic E-state index is 0.0219. The number of carbonyl (C=O) groups excluding carboxylic acids is 1. The van der Waals surface area contributed by atoms with Gasteiger partial charge in [0.25, 0.3) is 0 Å². The van der Waals surface area contributed by atoms with Gasteiger partial charge in [-0.1, -0.05) is 0 Å². The number of halogens is 2. The average molecular weight is 221 g/mol. The summed E-state index contributed by atoms with van der Waals surface area (Å²) in [5.41, 5.74) is 0. The molecule has 0 amide bonds. The fourth-order valence-corrected chi connectivity index (χ4v) is 1.01. The quantitative estimate of drug-likeness (QED) is 0.610. The first-order valence-electron chi connectivity index (χ1n) is 3.47. The molecular formula is C6H6Cl2N4O. The van der Waals surface area contributed by atoms with Gasteiger partial charge in [0.05, 0.1) is 0 Å². The Morgan fingerprint density at radius 3 is 2.38 bits per heavy atom. The third kappa shape index (κ3) is 3.52. The van der Waals surface area contributed by atoms with E-state index in [1.54, 1.807) is 0 Å². The van der Waals surface area contributed by atoms with Crippen LogP contribution in [-0.4, -0.2) is 27.8 Å². The van der Waals surface area contributed by atoms with Gasteiger partial charge >= 0.3 is 0 Å². The van der Waals surface area contributed by atoms with Crippen molar-refractivity contribution in [1.82, 2.24) is 15.0 Å². The van der Waals surface area contributed by atoms with Gasteiger partial charge in [0.15, 0.2) is 0 Å². The molecule has 0 saturated carbocycles. The Kier molecular flexibility index (Phi) is 3.85. The van der Waals surface area contributed by atoms with Crippen molar-refractivity contribution in [2.45, 2.75) is 6.42 Å². The molecule has 0 radical (unpaired) electrons. The second-order valence-corrected chi connectivity index (χ2v) is 2.76. The summed E-state index contributed by atoms with van der Waals surface area (Å²) in [7, 11) is 0. The number of nitrogens with zero attached hydrogens (tertiary/aromatic N) is 3. The zero-order valence-electron chi connectivity index (χ0n) is 6.50. The largest absolute Gasteiger partial charge is 0.354 e. The number of aromatic nitrogens is 3. The monoisotopic (exact) mass is 220 g/mol. The zero-order chi connectivity index (χ0) is 9.68. The first-order chi connectivity index (χ1) is 6.22. The molecule has 7 heteroatoms. The van der Waals surface area contributed by atoms with E-state index in [9.17, 15) is 4.79 Å². The lowest BCUT2D eigenvalue weighted by Gasteiger charge is -2.01. The fraction of sp³-hybridized carbons (Fsp3) is 0.333. The van der Waals surface area contributed by atoms with Crippen molar-refractivity contribution in [2.75, 3.05) is 11.9 Å². The van der Waals surface area contributed by atoms with Gasteiger partial charge < -0.3 is 10.1 Å². The third-order valence-electron chi connectivity index (χ3n) is 1.13. The standard InChI is InChI=1S/C6H6Cl2N4O/c7-4-10-5(8)12-6(11-4)9-2-1-3-13/h3H,1-2H2,(H,9,10,11,12). The van der Waals surface area contributed by atoms with Gasteiger partial charge in [-0.15, -0.1) is 0 Å². The molecule has 0 saturated heterocycles. The first kappa shape index (κ1) is 10.1. The summed E-state index contributed by atoms with van der Waals surface area (Å²) in [5.74, 6) is 0.270. The molecule has 1 aromatic rings. The Morgan fingerprint density at radius 2 is 1.85 bits per heavy atom. The Morgan fingerprint density at radius 1 is 1.23 bits per heavy atom. The van der Waals surface area contributed by atoms with Crippen molar-refractivity contribution in [3.8, 4) is 0 Å². The highest BCUT2D eigenvalue weighted by Crippen LogP contribution is 2.08. The van der Waals surface area contributed by atoms with Crippen LogP contribution in [0.3, 0.4) is 0 Å². The van der Waals surface area contributed by atoms with Crippen LogP contribution in [0.1, 0.15) is 6.42 Å². The average Bonchev–Trinajstić information content (AvgIpc) is 2.03. The smallest absolute Gasteiger partial charge is 0.228 e. The van der Waals surface area contributed by atoms with E-state index in [0.717, 1.165) is 6.29 Å². The highest BCUT2D eigenvalue weighted by atomic mass is 35.5. The van der Waals surface area contributed by atoms with Gasteiger partial charge in [0.2, 0.25) is 16.5 Å². The fourth-order valence-electron chi connectivity index (χ4n) is 0.648. The highest BCUT2D eigenvalue weighted by molar-refractivity contribution is 6.31. The van der Waals surface area contributed by atoms with E-state index in [4.69, 9.17) is 23.2 Å². The molecule has 0 aliphatic carbocycles. The van der Waals surface area contributed by atoms with Crippen LogP contribution in [0.25, 0.3) is 0 Å². The molecular weight excluding hydrogens is 215 g/mol. The summed E-state index contributed by atoms with van der Waals surface area (Å²) in [5, 5.41) is 2.81. The number of anilines is 1. The highest BCUT2D eigenvalue weighted by Gasteiger charge is 2.01. The van der Waals surface area contributed by atoms with E-state index in [1.165, 1.54) is 0 Å². The number of aldehydes is 1. The van der Waals surface area contributed by atoms with Gasteiger partial charge in [-0.05, 0) is 23.2 Å². The maximum Gasteiger partial charge on any atom is 0.228 e. The number of nitrogens with one attached hydrogen (secondary N) is 1. The number of rotatable bonds is 4. The molecule has 1 rings (SSSR count). The minimum absolute atomic E-state index is 0.0219. The summed E-state index contributed by atoms with van der Waals surface area (Å²) in [6.07, 6.45) is 1.17. The van der Waals surface area contributed by atoms with Crippen molar-refractivity contribution in [3.63, 3.8) is 0 Å². The van der Waals surface area contributed by atoms with Crippen LogP contribution in [0, 0.1) is 0 Å². The lowest BCUT2D eigenvalue weighted by Crippen LogP contribution is -2.06. The normalized spacial score (nSPS) is 9.69. The number of hydrogen-bond donors (Lipinski definition) is 1. The predicted octanol–water partition coefficient (Wildman–Crippen LogP) is 1.18. The number of carbonyl (C=O) groups is 1. The maximum atomic E-state index is 9.98. The van der Waals surface area contributed by atoms with Gasteiger partial charge in [-0.3, -0.25) is 0 Å². The summed E-state index contributed by atoms with van der Waals surface area (Å²) >= 11 is 11.0. The van der Waals surface area contributed by atoms with Crippen molar-refractivity contribution in [1.29, 1.82) is 0 Å². The topological polar surface area (TPSA) is 67.8 Å². The molecule has 1 N–H and O–H groups in total. The SMILES string of the molecule is O=CCCNc1nc(Cl)nc(Cl)n1. The second-order valence-electron chi connectivity index (χ2n) is 2.08. The second kappa shape index (κ2) is 4.94. The summed E-state index contributed by atoms with van der Waals surface area (Å²) in [6.45, 7) is 0.445. The predicted molar refractivity (Wildman–Crippen MR) is 49.0 cm³/mol. The van der Waals surface area contributed by atoms with E-state index >= 15 is 0 Å². The third-order valence-corrected chi connectivity index (χ3v) is 1.46. The molecule has 0 fully saturated rings. The molecule has 0 atom stereocenters. The Hall–Kier alpha value is -0.940. The Balaban J connectivity index is 2.60. The molecule has 70 valence electrons. The van der Waals surface area contributed by atoms with Crippen LogP contribution in [0.2, 0.25) is 10.6 Å². The van der Waals surface area contributed by atoms with Gasteiger partial charge in [0.1, 0.15) is 6.29 Å². The van der Waals surface area contributed by atoms with Crippen LogP contribution in [-0.2, 0) is 4.79 Å². The van der Waals surface area contributed by atoms with Crippen LogP contribution >= 0.6 is 23.2 Å². The summed E-state index contributed by atoms with van der Waals surface area (Å²) in [6, 6.07) is 0. The van der Waals surface area contributed by atoms with Crippen molar-refractivity contribution < 1.29 is 4.79 Å². The van der Waals surface area contributed by atoms with Gasteiger partial charge in [-0.25, -0.2) is 0 Å². The van der Waals surface area contributed by atoms with Crippen LogP contribution < -0.4 is 5.32 Å². The lowest BCUT2D eigenvalue weighted by atomic mass is 10.5. The molecule has 0 spiro atoms. The molecule has 0 bridgehead atoms. The summed E-state index contributed by atoms with van der Waals surface area (Å²) in [4.78, 5) is 21.0. The molecule has 13 heavy (non-hydrogen) atoms. The molecule has 0 unspecified atom stereocenters.